The minimum atomic E-state index is 0.664. The van der Waals surface area contributed by atoms with E-state index in [2.05, 4.69) is 15.4 Å². The Hall–Kier alpha value is -1.56. The van der Waals surface area contributed by atoms with E-state index in [4.69, 9.17) is 5.73 Å². The fourth-order valence-electron chi connectivity index (χ4n) is 1.14. The zero-order valence-corrected chi connectivity index (χ0v) is 8.58. The van der Waals surface area contributed by atoms with Gasteiger partial charge in [0.2, 0.25) is 0 Å². The van der Waals surface area contributed by atoms with Gasteiger partial charge in [-0.1, -0.05) is 0 Å². The number of rotatable bonds is 3. The van der Waals surface area contributed by atoms with E-state index in [1.807, 2.05) is 13.2 Å². The first-order valence-corrected chi connectivity index (χ1v) is 5.04. The predicted octanol–water partition coefficient (Wildman–Crippen LogP) is 1.07. The largest absolute Gasteiger partial charge is 0.394 e. The van der Waals surface area contributed by atoms with Crippen LogP contribution in [0.3, 0.4) is 0 Å². The summed E-state index contributed by atoms with van der Waals surface area (Å²) in [6.07, 6.45) is 3.60. The monoisotopic (exact) mass is 209 g/mol. The van der Waals surface area contributed by atoms with E-state index in [0.29, 0.717) is 12.2 Å². The predicted molar refractivity (Wildman–Crippen MR) is 57.1 cm³/mol. The van der Waals surface area contributed by atoms with Crippen LogP contribution in [0.2, 0.25) is 0 Å². The first-order chi connectivity index (χ1) is 6.75. The summed E-state index contributed by atoms with van der Waals surface area (Å²) in [6.45, 7) is 0.714. The van der Waals surface area contributed by atoms with Crippen molar-refractivity contribution in [3.63, 3.8) is 0 Å². The molecular weight excluding hydrogens is 198 g/mol. The summed E-state index contributed by atoms with van der Waals surface area (Å²) >= 11 is 1.61. The van der Waals surface area contributed by atoms with Crippen LogP contribution in [0.25, 0.3) is 0 Å². The van der Waals surface area contributed by atoms with Crippen LogP contribution in [0.4, 0.5) is 11.5 Å². The Labute approximate surface area is 85.6 Å². The average molecular weight is 209 g/mol. The van der Waals surface area contributed by atoms with Crippen molar-refractivity contribution < 1.29 is 0 Å². The third-order valence-corrected chi connectivity index (χ3v) is 2.55. The summed E-state index contributed by atoms with van der Waals surface area (Å²) in [7, 11) is 1.84. The van der Waals surface area contributed by atoms with E-state index in [0.717, 1.165) is 10.7 Å². The molecule has 0 radical (unpaired) electrons. The highest BCUT2D eigenvalue weighted by Crippen LogP contribution is 2.16. The van der Waals surface area contributed by atoms with Gasteiger partial charge in [0.05, 0.1) is 17.7 Å². The number of anilines is 2. The summed E-state index contributed by atoms with van der Waals surface area (Å²) in [6, 6.07) is 0. The molecule has 74 valence electrons. The van der Waals surface area contributed by atoms with Crippen LogP contribution in [-0.2, 0) is 13.6 Å². The molecule has 0 atom stereocenters. The number of nitrogens with zero attached hydrogens (tertiary/aromatic N) is 3. The van der Waals surface area contributed by atoms with Gasteiger partial charge in [-0.15, -0.1) is 11.3 Å². The summed E-state index contributed by atoms with van der Waals surface area (Å²) in [5.74, 6) is 0.723. The molecule has 0 spiro atoms. The molecule has 2 aromatic heterocycles. The number of aromatic nitrogens is 3. The molecule has 0 aliphatic carbocycles. The molecular formula is C8H11N5S. The van der Waals surface area contributed by atoms with Crippen molar-refractivity contribution >= 4 is 22.8 Å². The molecule has 0 unspecified atom stereocenters. The Morgan fingerprint density at radius 3 is 3.07 bits per heavy atom. The Kier molecular flexibility index (Phi) is 2.36. The molecule has 0 amide bonds. The van der Waals surface area contributed by atoms with Gasteiger partial charge >= 0.3 is 0 Å². The quantitative estimate of drug-likeness (QED) is 0.793. The molecule has 2 rings (SSSR count). The van der Waals surface area contributed by atoms with Crippen molar-refractivity contribution in [2.24, 2.45) is 7.05 Å². The average Bonchev–Trinajstić information content (AvgIpc) is 2.72. The summed E-state index contributed by atoms with van der Waals surface area (Å²) in [5, 5.41) is 7.32. The molecule has 14 heavy (non-hydrogen) atoms. The van der Waals surface area contributed by atoms with E-state index in [1.54, 1.807) is 27.7 Å². The SMILES string of the molecule is Cn1cc(N)c(NCc2cncs2)n1. The van der Waals surface area contributed by atoms with Gasteiger partial charge < -0.3 is 11.1 Å². The smallest absolute Gasteiger partial charge is 0.171 e. The van der Waals surface area contributed by atoms with Crippen LogP contribution in [0.1, 0.15) is 4.88 Å². The van der Waals surface area contributed by atoms with Crippen LogP contribution >= 0.6 is 11.3 Å². The van der Waals surface area contributed by atoms with Gasteiger partial charge in [0.25, 0.3) is 0 Å². The molecule has 2 heterocycles. The molecule has 0 saturated heterocycles. The molecule has 0 aliphatic rings. The summed E-state index contributed by atoms with van der Waals surface area (Å²) in [4.78, 5) is 5.15. The van der Waals surface area contributed by atoms with Crippen molar-refractivity contribution in [2.75, 3.05) is 11.1 Å². The van der Waals surface area contributed by atoms with Crippen molar-refractivity contribution in [2.45, 2.75) is 6.54 Å². The topological polar surface area (TPSA) is 68.8 Å². The Morgan fingerprint density at radius 1 is 1.64 bits per heavy atom. The first kappa shape index (κ1) is 9.01. The van der Waals surface area contributed by atoms with Gasteiger partial charge in [-0.3, -0.25) is 9.67 Å². The number of hydrogen-bond donors (Lipinski definition) is 2. The van der Waals surface area contributed by atoms with Crippen LogP contribution < -0.4 is 11.1 Å². The lowest BCUT2D eigenvalue weighted by Gasteiger charge is -2.00. The van der Waals surface area contributed by atoms with Gasteiger partial charge in [-0.25, -0.2) is 0 Å². The van der Waals surface area contributed by atoms with E-state index >= 15 is 0 Å². The second-order valence-electron chi connectivity index (χ2n) is 2.93. The number of nitrogens with one attached hydrogen (secondary N) is 1. The number of nitrogens with two attached hydrogens (primary N) is 1. The number of thiazole rings is 1. The van der Waals surface area contributed by atoms with E-state index in [1.165, 1.54) is 0 Å². The number of aryl methyl sites for hydroxylation is 1. The number of hydrogen-bond acceptors (Lipinski definition) is 5. The lowest BCUT2D eigenvalue weighted by molar-refractivity contribution is 0.768. The molecule has 5 nitrogen and oxygen atoms in total. The lowest BCUT2D eigenvalue weighted by Crippen LogP contribution is -2.01. The van der Waals surface area contributed by atoms with Crippen molar-refractivity contribution in [3.8, 4) is 0 Å². The third-order valence-electron chi connectivity index (χ3n) is 1.77. The standard InChI is InChI=1S/C8H11N5S/c1-13-4-7(9)8(12-13)11-3-6-2-10-5-14-6/h2,4-5H,3,9H2,1H3,(H,11,12). The van der Waals surface area contributed by atoms with Gasteiger partial charge in [-0.2, -0.15) is 5.10 Å². The molecule has 0 saturated carbocycles. The second kappa shape index (κ2) is 3.67. The second-order valence-corrected chi connectivity index (χ2v) is 3.90. The van der Waals surface area contributed by atoms with Crippen LogP contribution in [0.15, 0.2) is 17.9 Å². The van der Waals surface area contributed by atoms with Crippen molar-refractivity contribution in [1.82, 2.24) is 14.8 Å². The molecule has 0 aliphatic heterocycles. The maximum Gasteiger partial charge on any atom is 0.171 e. The molecule has 0 bridgehead atoms. The normalized spacial score (nSPS) is 10.4. The van der Waals surface area contributed by atoms with Gasteiger partial charge in [-0.05, 0) is 0 Å². The Balaban J connectivity index is 2.01. The third kappa shape index (κ3) is 1.85. The van der Waals surface area contributed by atoms with Crippen LogP contribution in [-0.4, -0.2) is 14.8 Å². The minimum absolute atomic E-state index is 0.664. The van der Waals surface area contributed by atoms with Gasteiger partial charge in [0, 0.05) is 24.3 Å². The van der Waals surface area contributed by atoms with Gasteiger partial charge in [0.1, 0.15) is 0 Å². The molecule has 0 fully saturated rings. The highest BCUT2D eigenvalue weighted by Gasteiger charge is 2.03. The van der Waals surface area contributed by atoms with E-state index in [-0.39, 0.29) is 0 Å². The maximum absolute atomic E-state index is 5.72. The fourth-order valence-corrected chi connectivity index (χ4v) is 1.68. The zero-order chi connectivity index (χ0) is 9.97. The maximum atomic E-state index is 5.72. The Bertz CT molecular complexity index is 405. The highest BCUT2D eigenvalue weighted by molar-refractivity contribution is 7.09. The van der Waals surface area contributed by atoms with Crippen molar-refractivity contribution in [3.05, 3.63) is 22.8 Å². The zero-order valence-electron chi connectivity index (χ0n) is 7.77. The minimum Gasteiger partial charge on any atom is -0.394 e. The molecule has 6 heteroatoms. The summed E-state index contributed by atoms with van der Waals surface area (Å²) < 4.78 is 1.68. The molecule has 0 aromatic carbocycles. The van der Waals surface area contributed by atoms with Gasteiger partial charge in [0.15, 0.2) is 5.82 Å². The first-order valence-electron chi connectivity index (χ1n) is 4.16. The lowest BCUT2D eigenvalue weighted by atomic mass is 10.5. The van der Waals surface area contributed by atoms with Crippen molar-refractivity contribution in [1.29, 1.82) is 0 Å². The summed E-state index contributed by atoms with van der Waals surface area (Å²) in [5.41, 5.74) is 8.19. The van der Waals surface area contributed by atoms with Crippen LogP contribution in [0.5, 0.6) is 0 Å². The Morgan fingerprint density at radius 2 is 2.50 bits per heavy atom. The number of nitrogen functional groups attached to an aromatic ring is 1. The fraction of sp³-hybridized carbons (Fsp3) is 0.250. The van der Waals surface area contributed by atoms with Crippen LogP contribution in [0, 0.1) is 0 Å². The highest BCUT2D eigenvalue weighted by atomic mass is 32.1. The van der Waals surface area contributed by atoms with E-state index in [9.17, 15) is 0 Å². The molecule has 2 aromatic rings. The molecule has 3 N–H and O–H groups in total. The van der Waals surface area contributed by atoms with E-state index < -0.39 is 0 Å².